The van der Waals surface area contributed by atoms with E-state index < -0.39 is 0 Å². The maximum Gasteiger partial charge on any atom is 0.104 e. The fourth-order valence-corrected chi connectivity index (χ4v) is 2.34. The first kappa shape index (κ1) is 9.59. The first-order valence-corrected chi connectivity index (χ1v) is 5.87. The monoisotopic (exact) mass is 206 g/mol. The standard InChI is InChI=1S/C11H14N2S/c1-2-5-14-9-3-4-10-8(6-9)7-11(12)13-10/h3-4,6H,2,5,7H2,1H3,(H2,12,13). The Kier molecular flexibility index (Phi) is 2.77. The van der Waals surface area contributed by atoms with Gasteiger partial charge >= 0.3 is 0 Å². The second kappa shape index (κ2) is 4.05. The van der Waals surface area contributed by atoms with Gasteiger partial charge in [-0.3, -0.25) is 0 Å². The van der Waals surface area contributed by atoms with Crippen LogP contribution in [0.3, 0.4) is 0 Å². The third-order valence-electron chi connectivity index (χ3n) is 2.16. The van der Waals surface area contributed by atoms with E-state index in [2.05, 4.69) is 30.1 Å². The van der Waals surface area contributed by atoms with Gasteiger partial charge in [0.15, 0.2) is 0 Å². The van der Waals surface area contributed by atoms with Crippen LogP contribution in [0.4, 0.5) is 5.69 Å². The van der Waals surface area contributed by atoms with Crippen molar-refractivity contribution in [3.8, 4) is 0 Å². The minimum Gasteiger partial charge on any atom is -0.387 e. The molecule has 0 radical (unpaired) electrons. The van der Waals surface area contributed by atoms with Crippen molar-refractivity contribution in [2.24, 2.45) is 10.7 Å². The van der Waals surface area contributed by atoms with E-state index in [9.17, 15) is 0 Å². The van der Waals surface area contributed by atoms with Crippen LogP contribution >= 0.6 is 11.8 Å². The second-order valence-electron chi connectivity index (χ2n) is 3.42. The average Bonchev–Trinajstić information content (AvgIpc) is 2.54. The minimum absolute atomic E-state index is 0.734. The van der Waals surface area contributed by atoms with Crippen molar-refractivity contribution in [1.29, 1.82) is 0 Å². The third kappa shape index (κ3) is 1.93. The highest BCUT2D eigenvalue weighted by atomic mass is 32.2. The summed E-state index contributed by atoms with van der Waals surface area (Å²) < 4.78 is 0. The first-order valence-electron chi connectivity index (χ1n) is 4.88. The summed E-state index contributed by atoms with van der Waals surface area (Å²) >= 11 is 1.90. The lowest BCUT2D eigenvalue weighted by Crippen LogP contribution is -2.09. The molecule has 14 heavy (non-hydrogen) atoms. The van der Waals surface area contributed by atoms with E-state index in [0.29, 0.717) is 0 Å². The van der Waals surface area contributed by atoms with Crippen LogP contribution in [0.15, 0.2) is 28.1 Å². The molecule has 2 N–H and O–H groups in total. The van der Waals surface area contributed by atoms with Crippen molar-refractivity contribution < 1.29 is 0 Å². The van der Waals surface area contributed by atoms with Gasteiger partial charge in [-0.2, -0.15) is 0 Å². The quantitative estimate of drug-likeness (QED) is 0.772. The molecule has 1 aromatic rings. The molecule has 2 rings (SSSR count). The molecule has 3 heteroatoms. The minimum atomic E-state index is 0.734. The average molecular weight is 206 g/mol. The van der Waals surface area contributed by atoms with E-state index in [0.717, 1.165) is 17.9 Å². The molecule has 1 aliphatic heterocycles. The molecule has 0 atom stereocenters. The second-order valence-corrected chi connectivity index (χ2v) is 4.59. The topological polar surface area (TPSA) is 38.4 Å². The molecule has 0 saturated carbocycles. The lowest BCUT2D eigenvalue weighted by atomic mass is 10.1. The van der Waals surface area contributed by atoms with Crippen molar-refractivity contribution in [3.63, 3.8) is 0 Å². The number of nitrogens with zero attached hydrogens (tertiary/aromatic N) is 1. The van der Waals surface area contributed by atoms with Gasteiger partial charge in [-0.15, -0.1) is 11.8 Å². The van der Waals surface area contributed by atoms with E-state index in [4.69, 9.17) is 5.73 Å². The number of benzene rings is 1. The van der Waals surface area contributed by atoms with Gasteiger partial charge < -0.3 is 5.73 Å². The maximum atomic E-state index is 5.68. The van der Waals surface area contributed by atoms with Crippen LogP contribution in [0.5, 0.6) is 0 Å². The van der Waals surface area contributed by atoms with Crippen LogP contribution in [0.2, 0.25) is 0 Å². The SMILES string of the molecule is CCCSc1ccc2c(c1)CC(N)=N2. The Bertz CT molecular complexity index is 372. The zero-order valence-corrected chi connectivity index (χ0v) is 9.10. The number of aliphatic imine (C=N–C) groups is 1. The van der Waals surface area contributed by atoms with E-state index in [1.54, 1.807) is 0 Å². The molecule has 0 spiro atoms. The predicted octanol–water partition coefficient (Wildman–Crippen LogP) is 2.73. The highest BCUT2D eigenvalue weighted by Gasteiger charge is 2.11. The molecule has 1 aromatic carbocycles. The van der Waals surface area contributed by atoms with Crippen molar-refractivity contribution in [3.05, 3.63) is 23.8 Å². The molecule has 0 aromatic heterocycles. The van der Waals surface area contributed by atoms with E-state index in [1.165, 1.54) is 22.6 Å². The van der Waals surface area contributed by atoms with Crippen molar-refractivity contribution in [2.45, 2.75) is 24.7 Å². The predicted molar refractivity (Wildman–Crippen MR) is 62.4 cm³/mol. The van der Waals surface area contributed by atoms with Gasteiger partial charge in [0.25, 0.3) is 0 Å². The third-order valence-corrected chi connectivity index (χ3v) is 3.36. The number of thioether (sulfide) groups is 1. The van der Waals surface area contributed by atoms with Crippen LogP contribution in [0.25, 0.3) is 0 Å². The Balaban J connectivity index is 2.15. The van der Waals surface area contributed by atoms with Gasteiger partial charge in [0.1, 0.15) is 5.84 Å². The van der Waals surface area contributed by atoms with E-state index >= 15 is 0 Å². The summed E-state index contributed by atoms with van der Waals surface area (Å²) in [6.45, 7) is 2.20. The number of rotatable bonds is 3. The van der Waals surface area contributed by atoms with Gasteiger partial charge in [0.05, 0.1) is 5.69 Å². The lowest BCUT2D eigenvalue weighted by Gasteiger charge is -2.02. The molecule has 74 valence electrons. The summed E-state index contributed by atoms with van der Waals surface area (Å²) in [5.74, 6) is 1.91. The highest BCUT2D eigenvalue weighted by Crippen LogP contribution is 2.30. The van der Waals surface area contributed by atoms with Crippen LogP contribution in [-0.4, -0.2) is 11.6 Å². The Morgan fingerprint density at radius 3 is 3.14 bits per heavy atom. The summed E-state index contributed by atoms with van der Waals surface area (Å²) in [5, 5.41) is 0. The normalized spacial score (nSPS) is 13.9. The summed E-state index contributed by atoms with van der Waals surface area (Å²) in [5.41, 5.74) is 7.99. The van der Waals surface area contributed by atoms with Crippen LogP contribution in [0, 0.1) is 0 Å². The van der Waals surface area contributed by atoms with Crippen LogP contribution in [0.1, 0.15) is 18.9 Å². The molecule has 0 amide bonds. The smallest absolute Gasteiger partial charge is 0.104 e. The van der Waals surface area contributed by atoms with E-state index in [-0.39, 0.29) is 0 Å². The Morgan fingerprint density at radius 2 is 2.36 bits per heavy atom. The molecule has 0 aliphatic carbocycles. The van der Waals surface area contributed by atoms with Gasteiger partial charge in [-0.25, -0.2) is 4.99 Å². The fourth-order valence-electron chi connectivity index (χ4n) is 1.51. The lowest BCUT2D eigenvalue weighted by molar-refractivity contribution is 1.10. The zero-order chi connectivity index (χ0) is 9.97. The van der Waals surface area contributed by atoms with Gasteiger partial charge in [0, 0.05) is 11.3 Å². The Morgan fingerprint density at radius 1 is 1.50 bits per heavy atom. The first-order chi connectivity index (χ1) is 6.79. The summed E-state index contributed by atoms with van der Waals surface area (Å²) in [6.07, 6.45) is 2.02. The van der Waals surface area contributed by atoms with Crippen LogP contribution in [-0.2, 0) is 6.42 Å². The Labute approximate surface area is 88.6 Å². The molecule has 0 bridgehead atoms. The number of nitrogens with two attached hydrogens (primary N) is 1. The Hall–Kier alpha value is -0.960. The number of amidine groups is 1. The summed E-state index contributed by atoms with van der Waals surface area (Å²) in [6, 6.07) is 6.40. The molecule has 1 aliphatic rings. The van der Waals surface area contributed by atoms with Gasteiger partial charge in [-0.1, -0.05) is 6.92 Å². The van der Waals surface area contributed by atoms with Crippen LogP contribution < -0.4 is 5.73 Å². The molecular weight excluding hydrogens is 192 g/mol. The van der Waals surface area contributed by atoms with Gasteiger partial charge in [-0.05, 0) is 35.9 Å². The zero-order valence-electron chi connectivity index (χ0n) is 8.29. The van der Waals surface area contributed by atoms with Crippen molar-refractivity contribution >= 4 is 23.3 Å². The maximum absolute atomic E-state index is 5.68. The summed E-state index contributed by atoms with van der Waals surface area (Å²) in [7, 11) is 0. The fraction of sp³-hybridized carbons (Fsp3) is 0.364. The molecule has 0 unspecified atom stereocenters. The molecular formula is C11H14N2S. The molecule has 1 heterocycles. The van der Waals surface area contributed by atoms with Crippen molar-refractivity contribution in [1.82, 2.24) is 0 Å². The molecule has 0 fully saturated rings. The molecule has 0 saturated heterocycles. The number of fused-ring (bicyclic) bond motifs is 1. The van der Waals surface area contributed by atoms with Crippen molar-refractivity contribution in [2.75, 3.05) is 5.75 Å². The largest absolute Gasteiger partial charge is 0.387 e. The number of hydrogen-bond acceptors (Lipinski definition) is 3. The van der Waals surface area contributed by atoms with E-state index in [1.807, 2.05) is 11.8 Å². The summed E-state index contributed by atoms with van der Waals surface area (Å²) in [4.78, 5) is 5.59. The van der Waals surface area contributed by atoms with Gasteiger partial charge in [0.2, 0.25) is 0 Å². The highest BCUT2D eigenvalue weighted by molar-refractivity contribution is 7.99. The number of hydrogen-bond donors (Lipinski definition) is 1. The molecule has 2 nitrogen and oxygen atoms in total.